The van der Waals surface area contributed by atoms with Crippen molar-refractivity contribution in [3.05, 3.63) is 99.4 Å². The lowest BCUT2D eigenvalue weighted by atomic mass is 10.1. The Morgan fingerprint density at radius 1 is 0.939 bits per heavy atom. The first-order chi connectivity index (χ1) is 15.7. The fraction of sp³-hybridized carbons (Fsp3) is 0.0417. The molecule has 1 aliphatic heterocycles. The minimum Gasteiger partial charge on any atom is -0.350 e. The minimum absolute atomic E-state index is 0.142. The zero-order valence-corrected chi connectivity index (χ0v) is 18.7. The molecule has 1 heterocycles. The molecule has 166 valence electrons. The summed E-state index contributed by atoms with van der Waals surface area (Å²) in [4.78, 5) is 39.0. The van der Waals surface area contributed by atoms with Crippen molar-refractivity contribution in [3.63, 3.8) is 0 Å². The van der Waals surface area contributed by atoms with E-state index in [-0.39, 0.29) is 22.3 Å². The Bertz CT molecular complexity index is 1320. The third-order valence-electron chi connectivity index (χ3n) is 4.94. The Balaban J connectivity index is 1.54. The highest BCUT2D eigenvalue weighted by atomic mass is 35.5. The molecular weight excluding hydrogens is 468 g/mol. The van der Waals surface area contributed by atoms with Crippen LogP contribution in [0.15, 0.2) is 77.5 Å². The number of rotatable bonds is 5. The molecule has 0 spiro atoms. The van der Waals surface area contributed by atoms with Crippen molar-refractivity contribution in [3.8, 4) is 0 Å². The highest BCUT2D eigenvalue weighted by Crippen LogP contribution is 2.30. The fourth-order valence-corrected chi connectivity index (χ4v) is 3.72. The lowest BCUT2D eigenvalue weighted by molar-refractivity contribution is -0.120. The molecule has 0 aromatic heterocycles. The SMILES string of the molecule is Cc1cc(Cl)ccc1NC(=O)c1cccc(NC2=C(Cl)C(=O)N(c3ccc(F)cc3)C2=O)c1. The zero-order chi connectivity index (χ0) is 23.7. The van der Waals surface area contributed by atoms with Crippen molar-refractivity contribution >= 4 is 58.0 Å². The molecule has 6 nitrogen and oxygen atoms in total. The van der Waals surface area contributed by atoms with Crippen LogP contribution in [0.2, 0.25) is 5.02 Å². The molecule has 0 unspecified atom stereocenters. The van der Waals surface area contributed by atoms with Crippen LogP contribution in [0.5, 0.6) is 0 Å². The van der Waals surface area contributed by atoms with E-state index in [1.54, 1.807) is 36.4 Å². The van der Waals surface area contributed by atoms with Gasteiger partial charge < -0.3 is 10.6 Å². The summed E-state index contributed by atoms with van der Waals surface area (Å²) in [5, 5.41) is 5.89. The summed E-state index contributed by atoms with van der Waals surface area (Å²) in [5.74, 6) is -2.30. The lowest BCUT2D eigenvalue weighted by Gasteiger charge is -2.15. The second kappa shape index (κ2) is 9.05. The largest absolute Gasteiger partial charge is 0.350 e. The standard InChI is InChI=1S/C24H16Cl2FN3O3/c1-13-11-15(25)5-10-19(13)29-22(31)14-3-2-4-17(12-14)28-21-20(26)23(32)30(24(21)33)18-8-6-16(27)7-9-18/h2-12,28H,1H3,(H,29,31). The summed E-state index contributed by atoms with van der Waals surface area (Å²) in [6.45, 7) is 1.82. The van der Waals surface area contributed by atoms with Gasteiger partial charge in [-0.2, -0.15) is 0 Å². The molecule has 4 rings (SSSR count). The van der Waals surface area contributed by atoms with E-state index < -0.39 is 17.6 Å². The maximum absolute atomic E-state index is 13.2. The molecule has 0 bridgehead atoms. The normalized spacial score (nSPS) is 13.5. The highest BCUT2D eigenvalue weighted by Gasteiger charge is 2.39. The first kappa shape index (κ1) is 22.5. The van der Waals surface area contributed by atoms with E-state index >= 15 is 0 Å². The summed E-state index contributed by atoms with van der Waals surface area (Å²) < 4.78 is 13.2. The first-order valence-electron chi connectivity index (χ1n) is 9.73. The highest BCUT2D eigenvalue weighted by molar-refractivity contribution is 6.53. The summed E-state index contributed by atoms with van der Waals surface area (Å²) in [7, 11) is 0. The van der Waals surface area contributed by atoms with Gasteiger partial charge in [0, 0.05) is 22.0 Å². The molecule has 1 aliphatic rings. The number of nitrogens with zero attached hydrogens (tertiary/aromatic N) is 1. The van der Waals surface area contributed by atoms with Crippen LogP contribution in [-0.2, 0) is 9.59 Å². The summed E-state index contributed by atoms with van der Waals surface area (Å²) >= 11 is 12.1. The lowest BCUT2D eigenvalue weighted by Crippen LogP contribution is -2.32. The zero-order valence-electron chi connectivity index (χ0n) is 17.2. The number of nitrogens with one attached hydrogen (secondary N) is 2. The van der Waals surface area contributed by atoms with Gasteiger partial charge in [-0.1, -0.05) is 29.3 Å². The van der Waals surface area contributed by atoms with Crippen LogP contribution in [0.25, 0.3) is 0 Å². The van der Waals surface area contributed by atoms with Crippen LogP contribution in [0, 0.1) is 12.7 Å². The smallest absolute Gasteiger partial charge is 0.283 e. The third kappa shape index (κ3) is 4.60. The van der Waals surface area contributed by atoms with E-state index in [0.717, 1.165) is 22.6 Å². The Labute approximate surface area is 198 Å². The predicted molar refractivity (Wildman–Crippen MR) is 126 cm³/mol. The summed E-state index contributed by atoms with van der Waals surface area (Å²) in [6, 6.07) is 16.4. The quantitative estimate of drug-likeness (QED) is 0.471. The minimum atomic E-state index is -0.733. The number of benzene rings is 3. The number of halogens is 3. The van der Waals surface area contributed by atoms with Gasteiger partial charge in [-0.25, -0.2) is 9.29 Å². The van der Waals surface area contributed by atoms with Gasteiger partial charge in [-0.15, -0.1) is 0 Å². The van der Waals surface area contributed by atoms with Crippen molar-refractivity contribution in [1.29, 1.82) is 0 Å². The Kier molecular flexibility index (Phi) is 6.18. The molecule has 3 aromatic rings. The molecular formula is C24H16Cl2FN3O3. The molecule has 9 heteroatoms. The fourth-order valence-electron chi connectivity index (χ4n) is 3.28. The van der Waals surface area contributed by atoms with Crippen molar-refractivity contribution in [2.24, 2.45) is 0 Å². The van der Waals surface area contributed by atoms with Gasteiger partial charge in [0.05, 0.1) is 5.69 Å². The number of aryl methyl sites for hydroxylation is 1. The molecule has 2 N–H and O–H groups in total. The van der Waals surface area contributed by atoms with Crippen LogP contribution in [0.1, 0.15) is 15.9 Å². The van der Waals surface area contributed by atoms with Crippen molar-refractivity contribution in [1.82, 2.24) is 0 Å². The summed E-state index contributed by atoms with van der Waals surface area (Å²) in [6.07, 6.45) is 0. The maximum atomic E-state index is 13.2. The average molecular weight is 484 g/mol. The number of amides is 3. The van der Waals surface area contributed by atoms with Crippen LogP contribution in [0.3, 0.4) is 0 Å². The van der Waals surface area contributed by atoms with Crippen LogP contribution in [0.4, 0.5) is 21.5 Å². The number of hydrogen-bond acceptors (Lipinski definition) is 4. The number of hydrogen-bond donors (Lipinski definition) is 2. The van der Waals surface area contributed by atoms with Crippen molar-refractivity contribution < 1.29 is 18.8 Å². The van der Waals surface area contributed by atoms with Gasteiger partial charge in [0.25, 0.3) is 17.7 Å². The van der Waals surface area contributed by atoms with E-state index in [4.69, 9.17) is 23.2 Å². The molecule has 33 heavy (non-hydrogen) atoms. The Morgan fingerprint density at radius 2 is 1.67 bits per heavy atom. The van der Waals surface area contributed by atoms with Gasteiger partial charge in [0.15, 0.2) is 0 Å². The second-order valence-corrected chi connectivity index (χ2v) is 8.04. The van der Waals surface area contributed by atoms with E-state index in [2.05, 4.69) is 10.6 Å². The molecule has 0 saturated carbocycles. The van der Waals surface area contributed by atoms with Gasteiger partial charge in [0.1, 0.15) is 16.5 Å². The first-order valence-corrected chi connectivity index (χ1v) is 10.5. The third-order valence-corrected chi connectivity index (χ3v) is 5.53. The molecule has 3 amide bonds. The number of anilines is 3. The van der Waals surface area contributed by atoms with Gasteiger partial charge in [0.2, 0.25) is 0 Å². The number of carbonyl (C=O) groups excluding carboxylic acids is 3. The Morgan fingerprint density at radius 3 is 2.36 bits per heavy atom. The van der Waals surface area contributed by atoms with Crippen LogP contribution in [-0.4, -0.2) is 17.7 Å². The van der Waals surface area contributed by atoms with E-state index in [1.165, 1.54) is 18.2 Å². The van der Waals surface area contributed by atoms with Gasteiger partial charge >= 0.3 is 0 Å². The topological polar surface area (TPSA) is 78.5 Å². The number of carbonyl (C=O) groups is 3. The van der Waals surface area contributed by atoms with E-state index in [0.29, 0.717) is 22.0 Å². The van der Waals surface area contributed by atoms with Crippen molar-refractivity contribution in [2.75, 3.05) is 15.5 Å². The van der Waals surface area contributed by atoms with Crippen molar-refractivity contribution in [2.45, 2.75) is 6.92 Å². The Hall–Kier alpha value is -3.68. The molecule has 0 fully saturated rings. The average Bonchev–Trinajstić information content (AvgIpc) is 3.00. The number of imide groups is 1. The van der Waals surface area contributed by atoms with Crippen LogP contribution >= 0.6 is 23.2 Å². The predicted octanol–water partition coefficient (Wildman–Crippen LogP) is 5.48. The molecule has 0 atom stereocenters. The van der Waals surface area contributed by atoms with Gasteiger partial charge in [-0.3, -0.25) is 14.4 Å². The second-order valence-electron chi connectivity index (χ2n) is 7.23. The molecule has 3 aromatic carbocycles. The monoisotopic (exact) mass is 483 g/mol. The van der Waals surface area contributed by atoms with E-state index in [9.17, 15) is 18.8 Å². The maximum Gasteiger partial charge on any atom is 0.283 e. The van der Waals surface area contributed by atoms with Gasteiger partial charge in [-0.05, 0) is 73.2 Å². The molecule has 0 radical (unpaired) electrons. The summed E-state index contributed by atoms with van der Waals surface area (Å²) in [5.41, 5.74) is 2.16. The molecule has 0 aliphatic carbocycles. The van der Waals surface area contributed by atoms with Crippen LogP contribution < -0.4 is 15.5 Å². The molecule has 0 saturated heterocycles. The van der Waals surface area contributed by atoms with E-state index in [1.807, 2.05) is 6.92 Å².